The maximum Gasteiger partial charge on any atom is 0.230 e. The van der Waals surface area contributed by atoms with Gasteiger partial charge in [-0.3, -0.25) is 9.69 Å². The Bertz CT molecular complexity index is 613. The molecule has 1 aromatic carbocycles. The number of phenols is 1. The lowest BCUT2D eigenvalue weighted by molar-refractivity contribution is -0.146. The number of piperidine rings is 1. The van der Waals surface area contributed by atoms with Gasteiger partial charge in [0.25, 0.3) is 0 Å². The molecule has 4 rings (SSSR count). The molecule has 3 aliphatic rings. The van der Waals surface area contributed by atoms with Crippen LogP contribution >= 0.6 is 0 Å². The summed E-state index contributed by atoms with van der Waals surface area (Å²) in [5.41, 5.74) is 0.986. The van der Waals surface area contributed by atoms with E-state index in [0.29, 0.717) is 11.7 Å². The molecular formula is C20H28N2O2. The second-order valence-electron chi connectivity index (χ2n) is 8.06. The van der Waals surface area contributed by atoms with E-state index in [1.54, 1.807) is 6.07 Å². The maximum absolute atomic E-state index is 13.1. The van der Waals surface area contributed by atoms with Crippen LogP contribution in [0.4, 0.5) is 0 Å². The zero-order valence-electron chi connectivity index (χ0n) is 14.4. The molecule has 1 N–H and O–H groups in total. The molecule has 4 heteroatoms. The van der Waals surface area contributed by atoms with Crippen molar-refractivity contribution >= 4 is 5.91 Å². The average molecular weight is 328 g/mol. The summed E-state index contributed by atoms with van der Waals surface area (Å²) >= 11 is 0. The third kappa shape index (κ3) is 3.04. The predicted molar refractivity (Wildman–Crippen MR) is 93.6 cm³/mol. The standard InChI is InChI=1S/C20H28N2O2/c23-18-7-2-6-17(12-18)13-21-11-9-20(15-21)8-3-10-22(19(20)24)14-16-4-1-5-16/h2,6-7,12,16,23H,1,3-5,8-11,13-15H2. The number of rotatable bonds is 4. The first-order chi connectivity index (χ1) is 11.6. The number of hydrogen-bond donors (Lipinski definition) is 1. The van der Waals surface area contributed by atoms with Crippen molar-refractivity contribution in [1.82, 2.24) is 9.80 Å². The Kier molecular flexibility index (Phi) is 4.25. The van der Waals surface area contributed by atoms with Crippen LogP contribution in [0.2, 0.25) is 0 Å². The quantitative estimate of drug-likeness (QED) is 0.924. The van der Waals surface area contributed by atoms with E-state index in [9.17, 15) is 9.90 Å². The van der Waals surface area contributed by atoms with E-state index in [1.807, 2.05) is 12.1 Å². The van der Waals surface area contributed by atoms with Gasteiger partial charge in [0.1, 0.15) is 5.75 Å². The van der Waals surface area contributed by atoms with Crippen molar-refractivity contribution in [2.24, 2.45) is 11.3 Å². The van der Waals surface area contributed by atoms with Gasteiger partial charge >= 0.3 is 0 Å². The molecule has 2 aliphatic heterocycles. The summed E-state index contributed by atoms with van der Waals surface area (Å²) in [5.74, 6) is 1.50. The molecule has 0 bridgehead atoms. The van der Waals surface area contributed by atoms with E-state index in [2.05, 4.69) is 15.9 Å². The van der Waals surface area contributed by atoms with Gasteiger partial charge in [0, 0.05) is 26.2 Å². The van der Waals surface area contributed by atoms with Crippen LogP contribution in [0.3, 0.4) is 0 Å². The van der Waals surface area contributed by atoms with Gasteiger partial charge in [-0.25, -0.2) is 0 Å². The fourth-order valence-corrected chi connectivity index (χ4v) is 4.70. The number of benzene rings is 1. The molecule has 0 radical (unpaired) electrons. The van der Waals surface area contributed by atoms with E-state index < -0.39 is 0 Å². The summed E-state index contributed by atoms with van der Waals surface area (Å²) < 4.78 is 0. The van der Waals surface area contributed by atoms with Gasteiger partial charge in [-0.2, -0.15) is 0 Å². The minimum absolute atomic E-state index is 0.140. The zero-order valence-corrected chi connectivity index (χ0v) is 14.4. The molecule has 1 atom stereocenters. The van der Waals surface area contributed by atoms with E-state index in [0.717, 1.165) is 63.5 Å². The van der Waals surface area contributed by atoms with Crippen LogP contribution in [0.1, 0.15) is 44.1 Å². The van der Waals surface area contributed by atoms with Crippen LogP contribution in [0.15, 0.2) is 24.3 Å². The molecule has 0 aromatic heterocycles. The van der Waals surface area contributed by atoms with Gasteiger partial charge in [-0.15, -0.1) is 0 Å². The number of nitrogens with zero attached hydrogens (tertiary/aromatic N) is 2. The Hall–Kier alpha value is -1.55. The first-order valence-electron chi connectivity index (χ1n) is 9.44. The van der Waals surface area contributed by atoms with Crippen LogP contribution < -0.4 is 0 Å². The topological polar surface area (TPSA) is 43.8 Å². The Morgan fingerprint density at radius 2 is 2.04 bits per heavy atom. The molecule has 1 spiro atoms. The molecule has 1 aromatic rings. The van der Waals surface area contributed by atoms with Gasteiger partial charge in [-0.05, 0) is 62.3 Å². The fourth-order valence-electron chi connectivity index (χ4n) is 4.70. The van der Waals surface area contributed by atoms with Crippen LogP contribution in [-0.4, -0.2) is 47.0 Å². The lowest BCUT2D eigenvalue weighted by Crippen LogP contribution is -2.51. The highest BCUT2D eigenvalue weighted by atomic mass is 16.3. The van der Waals surface area contributed by atoms with Crippen molar-refractivity contribution in [3.63, 3.8) is 0 Å². The van der Waals surface area contributed by atoms with Crippen molar-refractivity contribution in [2.45, 2.75) is 45.1 Å². The summed E-state index contributed by atoms with van der Waals surface area (Å²) in [6, 6.07) is 7.48. The lowest BCUT2D eigenvalue weighted by atomic mass is 9.77. The predicted octanol–water partition coefficient (Wildman–Crippen LogP) is 3.01. The second kappa shape index (κ2) is 6.40. The highest BCUT2D eigenvalue weighted by Crippen LogP contribution is 2.41. The minimum Gasteiger partial charge on any atom is -0.508 e. The molecule has 2 heterocycles. The molecule has 1 amide bonds. The zero-order chi connectivity index (χ0) is 16.6. The number of carbonyl (C=O) groups excluding carboxylic acids is 1. The first-order valence-corrected chi connectivity index (χ1v) is 9.44. The van der Waals surface area contributed by atoms with Crippen molar-refractivity contribution in [1.29, 1.82) is 0 Å². The summed E-state index contributed by atoms with van der Waals surface area (Å²) in [6.07, 6.45) is 7.14. The summed E-state index contributed by atoms with van der Waals surface area (Å²) in [7, 11) is 0. The summed E-state index contributed by atoms with van der Waals surface area (Å²) in [4.78, 5) is 17.7. The van der Waals surface area contributed by atoms with Crippen molar-refractivity contribution in [3.8, 4) is 5.75 Å². The lowest BCUT2D eigenvalue weighted by Gasteiger charge is -2.42. The number of likely N-dealkylation sites (tertiary alicyclic amines) is 2. The van der Waals surface area contributed by atoms with Gasteiger partial charge in [0.15, 0.2) is 0 Å². The monoisotopic (exact) mass is 328 g/mol. The smallest absolute Gasteiger partial charge is 0.230 e. The van der Waals surface area contributed by atoms with E-state index in [4.69, 9.17) is 0 Å². The Morgan fingerprint density at radius 3 is 2.79 bits per heavy atom. The molecule has 3 fully saturated rings. The molecule has 1 saturated carbocycles. The summed E-state index contributed by atoms with van der Waals surface area (Å²) in [5, 5.41) is 9.64. The second-order valence-corrected chi connectivity index (χ2v) is 8.06. The van der Waals surface area contributed by atoms with E-state index in [1.165, 1.54) is 19.3 Å². The maximum atomic E-state index is 13.1. The molecule has 130 valence electrons. The average Bonchev–Trinajstić information content (AvgIpc) is 2.91. The van der Waals surface area contributed by atoms with Crippen LogP contribution in [0.5, 0.6) is 5.75 Å². The third-order valence-corrected chi connectivity index (χ3v) is 6.28. The molecule has 2 saturated heterocycles. The number of hydrogen-bond acceptors (Lipinski definition) is 3. The van der Waals surface area contributed by atoms with Crippen molar-refractivity contribution < 1.29 is 9.90 Å². The van der Waals surface area contributed by atoms with Gasteiger partial charge in [-0.1, -0.05) is 18.6 Å². The van der Waals surface area contributed by atoms with Crippen molar-refractivity contribution in [2.75, 3.05) is 26.2 Å². The molecular weight excluding hydrogens is 300 g/mol. The van der Waals surface area contributed by atoms with Gasteiger partial charge in [0.2, 0.25) is 5.91 Å². The molecule has 24 heavy (non-hydrogen) atoms. The largest absolute Gasteiger partial charge is 0.508 e. The van der Waals surface area contributed by atoms with Crippen LogP contribution in [-0.2, 0) is 11.3 Å². The fraction of sp³-hybridized carbons (Fsp3) is 0.650. The van der Waals surface area contributed by atoms with Gasteiger partial charge in [0.05, 0.1) is 5.41 Å². The van der Waals surface area contributed by atoms with E-state index in [-0.39, 0.29) is 5.41 Å². The molecule has 1 unspecified atom stereocenters. The summed E-state index contributed by atoms with van der Waals surface area (Å²) in [6.45, 7) is 4.64. The van der Waals surface area contributed by atoms with Crippen LogP contribution in [0.25, 0.3) is 0 Å². The first kappa shape index (κ1) is 15.9. The number of phenolic OH excluding ortho intramolecular Hbond substituents is 1. The van der Waals surface area contributed by atoms with Crippen LogP contribution in [0, 0.1) is 11.3 Å². The molecule has 4 nitrogen and oxygen atoms in total. The van der Waals surface area contributed by atoms with E-state index >= 15 is 0 Å². The molecule has 1 aliphatic carbocycles. The Balaban J connectivity index is 1.40. The van der Waals surface area contributed by atoms with Gasteiger partial charge < -0.3 is 10.0 Å². The highest BCUT2D eigenvalue weighted by molar-refractivity contribution is 5.84. The third-order valence-electron chi connectivity index (χ3n) is 6.28. The minimum atomic E-state index is -0.140. The number of aromatic hydroxyl groups is 1. The Labute approximate surface area is 144 Å². The number of amides is 1. The normalized spacial score (nSPS) is 28.5. The Morgan fingerprint density at radius 1 is 1.17 bits per heavy atom. The highest BCUT2D eigenvalue weighted by Gasteiger charge is 2.48. The number of carbonyl (C=O) groups is 1. The SMILES string of the molecule is O=C1N(CC2CCC2)CCCC12CCN(Cc1cccc(O)c1)C2. The van der Waals surface area contributed by atoms with Crippen molar-refractivity contribution in [3.05, 3.63) is 29.8 Å².